The van der Waals surface area contributed by atoms with Gasteiger partial charge in [0.2, 0.25) is 0 Å². The number of rotatable bonds is 4. The SMILES string of the molecule is COc1cccc(Cl)c1CNc1cnc(Br)c(C)c1. The van der Waals surface area contributed by atoms with Gasteiger partial charge in [0.25, 0.3) is 0 Å². The Morgan fingerprint density at radius 2 is 2.21 bits per heavy atom. The van der Waals surface area contributed by atoms with E-state index >= 15 is 0 Å². The maximum Gasteiger partial charge on any atom is 0.125 e. The first-order chi connectivity index (χ1) is 9.11. The number of methoxy groups -OCH3 is 1. The molecule has 1 heterocycles. The lowest BCUT2D eigenvalue weighted by molar-refractivity contribution is 0.410. The Morgan fingerprint density at radius 3 is 2.89 bits per heavy atom. The predicted octanol–water partition coefficient (Wildman–Crippen LogP) is 4.43. The molecular formula is C14H14BrClN2O. The first-order valence-corrected chi connectivity index (χ1v) is 6.96. The van der Waals surface area contributed by atoms with Gasteiger partial charge in [-0.05, 0) is 46.6 Å². The minimum absolute atomic E-state index is 0.589. The third-order valence-corrected chi connectivity index (χ3v) is 3.96. The Balaban J connectivity index is 2.16. The molecule has 1 N–H and O–H groups in total. The number of benzene rings is 1. The van der Waals surface area contributed by atoms with Crippen LogP contribution in [0.3, 0.4) is 0 Å². The minimum Gasteiger partial charge on any atom is -0.496 e. The Bertz CT molecular complexity index is 590. The zero-order valence-corrected chi connectivity index (χ0v) is 13.0. The Kier molecular flexibility index (Phi) is 4.66. The highest BCUT2D eigenvalue weighted by atomic mass is 79.9. The van der Waals surface area contributed by atoms with Gasteiger partial charge in [-0.15, -0.1) is 0 Å². The number of nitrogens with one attached hydrogen (secondary N) is 1. The lowest BCUT2D eigenvalue weighted by Gasteiger charge is -2.12. The lowest BCUT2D eigenvalue weighted by atomic mass is 10.2. The summed E-state index contributed by atoms with van der Waals surface area (Å²) < 4.78 is 6.16. The average molecular weight is 342 g/mol. The van der Waals surface area contributed by atoms with Gasteiger partial charge in [0.15, 0.2) is 0 Å². The Labute approximate surface area is 126 Å². The van der Waals surface area contributed by atoms with Crippen molar-refractivity contribution in [3.05, 3.63) is 51.2 Å². The average Bonchev–Trinajstić information content (AvgIpc) is 2.41. The molecule has 19 heavy (non-hydrogen) atoms. The monoisotopic (exact) mass is 340 g/mol. The van der Waals surface area contributed by atoms with Gasteiger partial charge in [-0.3, -0.25) is 0 Å². The van der Waals surface area contributed by atoms with Crippen LogP contribution < -0.4 is 10.1 Å². The van der Waals surface area contributed by atoms with Gasteiger partial charge in [0.1, 0.15) is 10.4 Å². The second-order valence-corrected chi connectivity index (χ2v) is 5.26. The molecular weight excluding hydrogens is 328 g/mol. The molecule has 0 fully saturated rings. The van der Waals surface area contributed by atoms with Crippen LogP contribution in [0.25, 0.3) is 0 Å². The fourth-order valence-corrected chi connectivity index (χ4v) is 2.20. The van der Waals surface area contributed by atoms with Crippen molar-refractivity contribution in [2.75, 3.05) is 12.4 Å². The molecule has 1 aromatic carbocycles. The molecule has 3 nitrogen and oxygen atoms in total. The van der Waals surface area contributed by atoms with Crippen molar-refractivity contribution in [2.45, 2.75) is 13.5 Å². The fourth-order valence-electron chi connectivity index (χ4n) is 1.75. The summed E-state index contributed by atoms with van der Waals surface area (Å²) in [5.74, 6) is 0.779. The van der Waals surface area contributed by atoms with Crippen LogP contribution in [0.5, 0.6) is 5.75 Å². The lowest BCUT2D eigenvalue weighted by Crippen LogP contribution is -2.03. The normalized spacial score (nSPS) is 10.3. The largest absolute Gasteiger partial charge is 0.496 e. The van der Waals surface area contributed by atoms with Gasteiger partial charge in [-0.2, -0.15) is 0 Å². The second kappa shape index (κ2) is 6.26. The van der Waals surface area contributed by atoms with Crippen LogP contribution in [-0.2, 0) is 6.54 Å². The van der Waals surface area contributed by atoms with Crippen molar-refractivity contribution >= 4 is 33.2 Å². The molecule has 0 saturated heterocycles. The van der Waals surface area contributed by atoms with Crippen molar-refractivity contribution in [1.82, 2.24) is 4.98 Å². The van der Waals surface area contributed by atoms with Gasteiger partial charge in [0, 0.05) is 17.1 Å². The quantitative estimate of drug-likeness (QED) is 0.836. The van der Waals surface area contributed by atoms with Gasteiger partial charge in [-0.1, -0.05) is 17.7 Å². The topological polar surface area (TPSA) is 34.1 Å². The standard InChI is InChI=1S/C14H14BrClN2O/c1-9-6-10(7-18-14(9)15)17-8-11-12(16)4-3-5-13(11)19-2/h3-7,17H,8H2,1-2H3. The van der Waals surface area contributed by atoms with Gasteiger partial charge in [-0.25, -0.2) is 4.98 Å². The van der Waals surface area contributed by atoms with E-state index in [0.29, 0.717) is 11.6 Å². The number of pyridine rings is 1. The Hall–Kier alpha value is -1.26. The van der Waals surface area contributed by atoms with E-state index in [9.17, 15) is 0 Å². The molecule has 1 aromatic heterocycles. The molecule has 0 aliphatic rings. The van der Waals surface area contributed by atoms with Crippen molar-refractivity contribution in [3.8, 4) is 5.75 Å². The van der Waals surface area contributed by atoms with E-state index in [0.717, 1.165) is 27.2 Å². The van der Waals surface area contributed by atoms with Crippen LogP contribution in [0.2, 0.25) is 5.02 Å². The number of ether oxygens (including phenoxy) is 1. The molecule has 0 bridgehead atoms. The summed E-state index contributed by atoms with van der Waals surface area (Å²) in [6, 6.07) is 7.65. The first-order valence-electron chi connectivity index (χ1n) is 5.79. The third-order valence-electron chi connectivity index (χ3n) is 2.78. The third kappa shape index (κ3) is 3.39. The predicted molar refractivity (Wildman–Crippen MR) is 82.0 cm³/mol. The van der Waals surface area contributed by atoms with Gasteiger partial charge < -0.3 is 10.1 Å². The zero-order valence-electron chi connectivity index (χ0n) is 10.7. The molecule has 0 unspecified atom stereocenters. The van der Waals surface area contributed by atoms with Crippen LogP contribution in [0.15, 0.2) is 35.1 Å². The molecule has 0 atom stereocenters. The first kappa shape index (κ1) is 14.2. The summed E-state index contributed by atoms with van der Waals surface area (Å²) in [6.07, 6.45) is 1.78. The molecule has 2 aromatic rings. The highest BCUT2D eigenvalue weighted by Gasteiger charge is 2.07. The maximum absolute atomic E-state index is 6.19. The summed E-state index contributed by atoms with van der Waals surface area (Å²) in [7, 11) is 1.64. The number of hydrogen-bond acceptors (Lipinski definition) is 3. The number of aryl methyl sites for hydroxylation is 1. The molecule has 0 spiro atoms. The number of aromatic nitrogens is 1. The zero-order chi connectivity index (χ0) is 13.8. The summed E-state index contributed by atoms with van der Waals surface area (Å²) in [4.78, 5) is 4.25. The fraction of sp³-hybridized carbons (Fsp3) is 0.214. The van der Waals surface area contributed by atoms with Crippen LogP contribution in [0.1, 0.15) is 11.1 Å². The van der Waals surface area contributed by atoms with Crippen LogP contribution in [0, 0.1) is 6.92 Å². The summed E-state index contributed by atoms with van der Waals surface area (Å²) in [5, 5.41) is 3.99. The van der Waals surface area contributed by atoms with Crippen molar-refractivity contribution in [2.24, 2.45) is 0 Å². The number of halogens is 2. The van der Waals surface area contributed by atoms with E-state index < -0.39 is 0 Å². The minimum atomic E-state index is 0.589. The number of hydrogen-bond donors (Lipinski definition) is 1. The van der Waals surface area contributed by atoms with E-state index in [-0.39, 0.29) is 0 Å². The molecule has 2 rings (SSSR count). The van der Waals surface area contributed by atoms with Gasteiger partial charge >= 0.3 is 0 Å². The molecule has 100 valence electrons. The molecule has 0 amide bonds. The van der Waals surface area contributed by atoms with E-state index in [1.807, 2.05) is 31.2 Å². The van der Waals surface area contributed by atoms with Crippen LogP contribution >= 0.6 is 27.5 Å². The van der Waals surface area contributed by atoms with Crippen molar-refractivity contribution in [3.63, 3.8) is 0 Å². The Morgan fingerprint density at radius 1 is 1.42 bits per heavy atom. The van der Waals surface area contributed by atoms with E-state index in [1.165, 1.54) is 0 Å². The summed E-state index contributed by atoms with van der Waals surface area (Å²) in [5.41, 5.74) is 2.96. The summed E-state index contributed by atoms with van der Waals surface area (Å²) >= 11 is 9.57. The molecule has 0 saturated carbocycles. The van der Waals surface area contributed by atoms with E-state index in [1.54, 1.807) is 13.3 Å². The maximum atomic E-state index is 6.19. The van der Waals surface area contributed by atoms with E-state index in [2.05, 4.69) is 26.2 Å². The number of nitrogens with zero attached hydrogens (tertiary/aromatic N) is 1. The van der Waals surface area contributed by atoms with E-state index in [4.69, 9.17) is 16.3 Å². The highest BCUT2D eigenvalue weighted by Crippen LogP contribution is 2.27. The van der Waals surface area contributed by atoms with Gasteiger partial charge in [0.05, 0.1) is 19.0 Å². The second-order valence-electron chi connectivity index (χ2n) is 4.11. The number of anilines is 1. The van der Waals surface area contributed by atoms with Crippen molar-refractivity contribution < 1.29 is 4.74 Å². The molecule has 0 aliphatic carbocycles. The van der Waals surface area contributed by atoms with Crippen LogP contribution in [-0.4, -0.2) is 12.1 Å². The van der Waals surface area contributed by atoms with Crippen molar-refractivity contribution in [1.29, 1.82) is 0 Å². The smallest absolute Gasteiger partial charge is 0.125 e. The van der Waals surface area contributed by atoms with Crippen LogP contribution in [0.4, 0.5) is 5.69 Å². The molecule has 0 radical (unpaired) electrons. The highest BCUT2D eigenvalue weighted by molar-refractivity contribution is 9.10. The summed E-state index contributed by atoms with van der Waals surface area (Å²) in [6.45, 7) is 2.59. The molecule has 5 heteroatoms. The molecule has 0 aliphatic heterocycles.